The Morgan fingerprint density at radius 1 is 1.24 bits per heavy atom. The molecule has 4 unspecified atom stereocenters. The molecule has 0 aromatic heterocycles. The van der Waals surface area contributed by atoms with E-state index in [1.807, 2.05) is 13.8 Å². The van der Waals surface area contributed by atoms with Crippen molar-refractivity contribution in [3.05, 3.63) is 41.1 Å². The van der Waals surface area contributed by atoms with Crippen LogP contribution in [0, 0.1) is 29.1 Å². The number of fused-ring (bicyclic) bond motifs is 5. The summed E-state index contributed by atoms with van der Waals surface area (Å²) >= 11 is 0. The van der Waals surface area contributed by atoms with Crippen molar-refractivity contribution < 1.29 is 0 Å². The van der Waals surface area contributed by atoms with E-state index in [1.54, 1.807) is 11.1 Å². The molecule has 0 bridgehead atoms. The van der Waals surface area contributed by atoms with Gasteiger partial charge in [0, 0.05) is 11.3 Å². The Bertz CT molecular complexity index is 762. The summed E-state index contributed by atoms with van der Waals surface area (Å²) in [7, 11) is 0. The van der Waals surface area contributed by atoms with Crippen LogP contribution in [0.1, 0.15) is 81.9 Å². The summed E-state index contributed by atoms with van der Waals surface area (Å²) in [4.78, 5) is 0. The van der Waals surface area contributed by atoms with Gasteiger partial charge >= 0.3 is 0 Å². The van der Waals surface area contributed by atoms with Crippen LogP contribution in [0.25, 0.3) is 0 Å². The molecule has 25 heavy (non-hydrogen) atoms. The van der Waals surface area contributed by atoms with Crippen molar-refractivity contribution >= 4 is 5.69 Å². The van der Waals surface area contributed by atoms with Gasteiger partial charge in [0.05, 0.1) is 5.69 Å². The molecule has 132 valence electrons. The zero-order valence-corrected chi connectivity index (χ0v) is 16.0. The molecule has 0 aliphatic heterocycles. The fourth-order valence-electron chi connectivity index (χ4n) is 6.19. The van der Waals surface area contributed by atoms with Crippen LogP contribution >= 0.6 is 0 Å². The first-order valence-corrected chi connectivity index (χ1v) is 10.0. The minimum Gasteiger partial charge on any atom is -0.359 e. The Labute approximate surface area is 153 Å². The Morgan fingerprint density at radius 3 is 2.84 bits per heavy atom. The molecule has 4 atom stereocenters. The second-order valence-corrected chi connectivity index (χ2v) is 8.88. The van der Waals surface area contributed by atoms with Gasteiger partial charge in [-0.3, -0.25) is 0 Å². The number of benzene rings is 1. The third-order valence-electron chi connectivity index (χ3n) is 7.25. The average Bonchev–Trinajstić information content (AvgIpc) is 2.97. The van der Waals surface area contributed by atoms with Gasteiger partial charge in [-0.1, -0.05) is 25.8 Å². The third kappa shape index (κ3) is 2.80. The molecule has 0 saturated heterocycles. The second kappa shape index (κ2) is 6.24. The monoisotopic (exact) mass is 333 g/mol. The Balaban J connectivity index is 1.73. The van der Waals surface area contributed by atoms with Crippen LogP contribution in [-0.2, 0) is 6.42 Å². The number of hydrogen-bond acceptors (Lipinski definition) is 1. The van der Waals surface area contributed by atoms with Gasteiger partial charge in [0.2, 0.25) is 0 Å². The Hall–Kier alpha value is -1.68. The van der Waals surface area contributed by atoms with E-state index >= 15 is 0 Å². The molecule has 1 aromatic rings. The van der Waals surface area contributed by atoms with Gasteiger partial charge < -0.3 is 5.32 Å². The lowest BCUT2D eigenvalue weighted by Gasteiger charge is -2.49. The lowest BCUT2D eigenvalue weighted by Crippen LogP contribution is -2.39. The van der Waals surface area contributed by atoms with Gasteiger partial charge in [0.15, 0.2) is 0 Å². The first-order chi connectivity index (χ1) is 12.0. The van der Waals surface area contributed by atoms with Gasteiger partial charge in [0.1, 0.15) is 0 Å². The molecule has 1 aromatic carbocycles. The molecule has 0 heterocycles. The lowest BCUT2D eigenvalue weighted by molar-refractivity contribution is 0.0599. The highest BCUT2D eigenvalue weighted by Gasteiger charge is 2.50. The van der Waals surface area contributed by atoms with Gasteiger partial charge in [-0.25, -0.2) is 0 Å². The smallest absolute Gasteiger partial charge is 0.0543 e. The highest BCUT2D eigenvalue weighted by molar-refractivity contribution is 5.65. The maximum atomic E-state index is 4.01. The van der Waals surface area contributed by atoms with Gasteiger partial charge in [0.25, 0.3) is 0 Å². The number of nitrogens with one attached hydrogen (secondary N) is 1. The summed E-state index contributed by atoms with van der Waals surface area (Å²) in [5.41, 5.74) is 7.05. The van der Waals surface area contributed by atoms with Crippen LogP contribution in [0.5, 0.6) is 0 Å². The summed E-state index contributed by atoms with van der Waals surface area (Å²) in [6.07, 6.45) is 9.77. The van der Waals surface area contributed by atoms with Gasteiger partial charge in [-0.15, -0.1) is 5.92 Å². The highest BCUT2D eigenvalue weighted by Crippen LogP contribution is 2.61. The standard InChI is InChI=1S/C24H31N/c1-5-7-18-14-21-17(15-23(18)25-16(2)3)9-10-20-19(21)11-13-24(4)12-6-8-22(20)24/h14-15,19-20,22,25H,2,6,8-13H2,1,3-4H3. The van der Waals surface area contributed by atoms with E-state index in [0.29, 0.717) is 5.41 Å². The molecule has 4 rings (SSSR count). The minimum atomic E-state index is 0.631. The van der Waals surface area contributed by atoms with E-state index in [4.69, 9.17) is 0 Å². The minimum absolute atomic E-state index is 0.631. The largest absolute Gasteiger partial charge is 0.359 e. The summed E-state index contributed by atoms with van der Waals surface area (Å²) in [6, 6.07) is 4.77. The van der Waals surface area contributed by atoms with E-state index < -0.39 is 0 Å². The predicted octanol–water partition coefficient (Wildman–Crippen LogP) is 6.25. The Morgan fingerprint density at radius 2 is 2.08 bits per heavy atom. The van der Waals surface area contributed by atoms with E-state index in [-0.39, 0.29) is 0 Å². The zero-order valence-electron chi connectivity index (χ0n) is 16.0. The van der Waals surface area contributed by atoms with Crippen molar-refractivity contribution in [3.63, 3.8) is 0 Å². The number of anilines is 1. The molecule has 0 spiro atoms. The fraction of sp³-hybridized carbons (Fsp3) is 0.583. The average molecular weight is 334 g/mol. The van der Waals surface area contributed by atoms with Crippen LogP contribution in [0.15, 0.2) is 24.4 Å². The van der Waals surface area contributed by atoms with Crippen LogP contribution in [-0.4, -0.2) is 0 Å². The molecular weight excluding hydrogens is 302 g/mol. The molecule has 3 aliphatic rings. The molecule has 2 fully saturated rings. The maximum absolute atomic E-state index is 4.01. The second-order valence-electron chi connectivity index (χ2n) is 8.88. The Kier molecular flexibility index (Phi) is 4.19. The molecule has 1 heteroatoms. The normalized spacial score (nSPS) is 32.7. The number of hydrogen-bond donors (Lipinski definition) is 1. The number of allylic oxidation sites excluding steroid dienone is 1. The van der Waals surface area contributed by atoms with E-state index in [1.165, 1.54) is 44.9 Å². The maximum Gasteiger partial charge on any atom is 0.0543 e. The summed E-state index contributed by atoms with van der Waals surface area (Å²) < 4.78 is 0. The lowest BCUT2D eigenvalue weighted by atomic mass is 9.56. The zero-order chi connectivity index (χ0) is 17.6. The van der Waals surface area contributed by atoms with Crippen LogP contribution in [0.3, 0.4) is 0 Å². The molecule has 2 saturated carbocycles. The van der Waals surface area contributed by atoms with E-state index in [2.05, 4.69) is 42.8 Å². The van der Waals surface area contributed by atoms with E-state index in [9.17, 15) is 0 Å². The van der Waals surface area contributed by atoms with Crippen molar-refractivity contribution in [3.8, 4) is 11.8 Å². The van der Waals surface area contributed by atoms with Crippen LogP contribution < -0.4 is 5.32 Å². The highest BCUT2D eigenvalue weighted by atomic mass is 14.9. The van der Waals surface area contributed by atoms with Crippen molar-refractivity contribution in [2.75, 3.05) is 5.32 Å². The van der Waals surface area contributed by atoms with Crippen LogP contribution in [0.2, 0.25) is 0 Å². The quantitative estimate of drug-likeness (QED) is 0.631. The van der Waals surface area contributed by atoms with Crippen molar-refractivity contribution in [1.82, 2.24) is 0 Å². The van der Waals surface area contributed by atoms with Gasteiger partial charge in [-0.2, -0.15) is 0 Å². The predicted molar refractivity (Wildman–Crippen MR) is 107 cm³/mol. The first-order valence-electron chi connectivity index (χ1n) is 10.0. The van der Waals surface area contributed by atoms with E-state index in [0.717, 1.165) is 34.7 Å². The molecule has 1 nitrogen and oxygen atoms in total. The molecule has 0 amide bonds. The number of aryl methyl sites for hydroxylation is 1. The fourth-order valence-corrected chi connectivity index (χ4v) is 6.19. The summed E-state index contributed by atoms with van der Waals surface area (Å²) in [5, 5.41) is 3.43. The third-order valence-corrected chi connectivity index (χ3v) is 7.25. The SMILES string of the molecule is C=C(C)Nc1cc2c(cc1C#CC)C1CCC3(C)CCCC3C1CC2. The van der Waals surface area contributed by atoms with Crippen LogP contribution in [0.4, 0.5) is 5.69 Å². The topological polar surface area (TPSA) is 12.0 Å². The molecular formula is C24H31N. The number of rotatable bonds is 2. The van der Waals surface area contributed by atoms with Crippen molar-refractivity contribution in [1.29, 1.82) is 0 Å². The first kappa shape index (κ1) is 16.8. The molecule has 1 N–H and O–H groups in total. The molecule has 0 radical (unpaired) electrons. The molecule has 3 aliphatic carbocycles. The van der Waals surface area contributed by atoms with Crippen molar-refractivity contribution in [2.24, 2.45) is 17.3 Å². The van der Waals surface area contributed by atoms with Gasteiger partial charge in [-0.05, 0) is 98.8 Å². The summed E-state index contributed by atoms with van der Waals surface area (Å²) in [6.45, 7) is 10.5. The summed E-state index contributed by atoms with van der Waals surface area (Å²) in [5.74, 6) is 9.04. The van der Waals surface area contributed by atoms with Crippen molar-refractivity contribution in [2.45, 2.75) is 71.6 Å².